The molecule has 0 aliphatic heterocycles. The van der Waals surface area contributed by atoms with Crippen LogP contribution in [0.25, 0.3) is 54.2 Å². The molecular weight excluding hydrogens is 456 g/mol. The van der Waals surface area contributed by atoms with Gasteiger partial charge in [0.2, 0.25) is 0 Å². The van der Waals surface area contributed by atoms with Gasteiger partial charge in [-0.1, -0.05) is 122 Å². The van der Waals surface area contributed by atoms with Crippen LogP contribution in [0.15, 0.2) is 97.1 Å². The maximum atomic E-state index is 2.44. The van der Waals surface area contributed by atoms with E-state index < -0.39 is 0 Å². The third-order valence-electron chi connectivity index (χ3n) is 7.36. The summed E-state index contributed by atoms with van der Waals surface area (Å²) >= 11 is 0. The summed E-state index contributed by atoms with van der Waals surface area (Å²) in [4.78, 5) is 0. The van der Waals surface area contributed by atoms with Crippen molar-refractivity contribution < 1.29 is 0 Å². The zero-order valence-corrected chi connectivity index (χ0v) is 24.4. The van der Waals surface area contributed by atoms with Gasteiger partial charge in [0, 0.05) is 5.41 Å². The predicted octanol–water partition coefficient (Wildman–Crippen LogP) is 12.1. The monoisotopic (exact) mass is 498 g/mol. The fourth-order valence-electron chi connectivity index (χ4n) is 5.67. The van der Waals surface area contributed by atoms with Crippen molar-refractivity contribution in [1.29, 1.82) is 0 Å². The average molecular weight is 499 g/mol. The van der Waals surface area contributed by atoms with Crippen LogP contribution in [-0.4, -0.2) is 0 Å². The zero-order valence-electron chi connectivity index (χ0n) is 24.4. The molecule has 0 aromatic heterocycles. The summed E-state index contributed by atoms with van der Waals surface area (Å²) in [7, 11) is 0. The molecule has 0 heterocycles. The van der Waals surface area contributed by atoms with Crippen molar-refractivity contribution >= 4 is 43.1 Å². The molecule has 0 fully saturated rings. The highest BCUT2D eigenvalue weighted by Crippen LogP contribution is 2.51. The zero-order chi connectivity index (χ0) is 27.4. The van der Waals surface area contributed by atoms with Crippen molar-refractivity contribution in [3.63, 3.8) is 0 Å². The number of hydrogen-bond acceptors (Lipinski definition) is 0. The second-order valence-electron chi connectivity index (χ2n) is 10.2. The Kier molecular flexibility index (Phi) is 8.22. The number of rotatable bonds is 0. The first-order valence-corrected chi connectivity index (χ1v) is 14.4. The average Bonchev–Trinajstić information content (AvgIpc) is 3.17. The molecule has 7 rings (SSSR count). The second-order valence-corrected chi connectivity index (χ2v) is 10.2. The largest absolute Gasteiger partial charge is 0.0683 e. The van der Waals surface area contributed by atoms with E-state index in [0.29, 0.717) is 0 Å². The van der Waals surface area contributed by atoms with E-state index in [-0.39, 0.29) is 5.41 Å². The van der Waals surface area contributed by atoms with E-state index in [1.165, 1.54) is 71.8 Å². The molecule has 0 N–H and O–H groups in total. The Bertz CT molecular complexity index is 1720. The predicted molar refractivity (Wildman–Crippen MR) is 173 cm³/mol. The van der Waals surface area contributed by atoms with Crippen molar-refractivity contribution in [2.75, 3.05) is 0 Å². The quantitative estimate of drug-likeness (QED) is 0.144. The molecule has 0 atom stereocenters. The smallest absolute Gasteiger partial charge is 0.0159 e. The van der Waals surface area contributed by atoms with Gasteiger partial charge in [0.05, 0.1) is 0 Å². The molecule has 0 saturated carbocycles. The van der Waals surface area contributed by atoms with Gasteiger partial charge >= 0.3 is 0 Å². The SMILES string of the molecule is CC.CC.CC1(C)c2cc3cc4ccccc4cc3cc2-c2cc3c(ccc4ccccc43)cc21.CCC. The van der Waals surface area contributed by atoms with Gasteiger partial charge in [0.15, 0.2) is 0 Å². The van der Waals surface area contributed by atoms with Gasteiger partial charge in [-0.15, -0.1) is 0 Å². The summed E-state index contributed by atoms with van der Waals surface area (Å²) in [6.45, 7) is 17.0. The summed E-state index contributed by atoms with van der Waals surface area (Å²) in [5.74, 6) is 0. The highest BCUT2D eigenvalue weighted by Gasteiger charge is 2.36. The Hall–Kier alpha value is -3.64. The summed E-state index contributed by atoms with van der Waals surface area (Å²) in [6.07, 6.45) is 1.25. The third kappa shape index (κ3) is 4.58. The molecule has 0 unspecified atom stereocenters. The molecule has 6 aromatic carbocycles. The van der Waals surface area contributed by atoms with Crippen LogP contribution in [0.1, 0.15) is 72.9 Å². The van der Waals surface area contributed by atoms with Crippen LogP contribution in [-0.2, 0) is 5.41 Å². The Morgan fingerprint density at radius 2 is 0.895 bits per heavy atom. The number of fused-ring (bicyclic) bond motifs is 8. The van der Waals surface area contributed by atoms with Gasteiger partial charge < -0.3 is 0 Å². The van der Waals surface area contributed by atoms with E-state index in [2.05, 4.69) is 125 Å². The van der Waals surface area contributed by atoms with Crippen LogP contribution >= 0.6 is 0 Å². The minimum absolute atomic E-state index is 0.00959. The van der Waals surface area contributed by atoms with E-state index in [1.54, 1.807) is 0 Å². The van der Waals surface area contributed by atoms with Crippen molar-refractivity contribution in [3.05, 3.63) is 108 Å². The van der Waals surface area contributed by atoms with Gasteiger partial charge in [-0.3, -0.25) is 0 Å². The number of hydrogen-bond donors (Lipinski definition) is 0. The molecule has 6 aromatic rings. The van der Waals surface area contributed by atoms with E-state index in [0.717, 1.165) is 0 Å². The van der Waals surface area contributed by atoms with Crippen LogP contribution in [0.2, 0.25) is 0 Å². The highest BCUT2D eigenvalue weighted by atomic mass is 14.4. The first kappa shape index (κ1) is 27.4. The van der Waals surface area contributed by atoms with Crippen molar-refractivity contribution in [2.45, 2.75) is 67.2 Å². The maximum Gasteiger partial charge on any atom is 0.0159 e. The fraction of sp³-hybridized carbons (Fsp3) is 0.263. The Labute approximate surface area is 229 Å². The van der Waals surface area contributed by atoms with Gasteiger partial charge in [-0.05, 0) is 102 Å². The topological polar surface area (TPSA) is 0 Å². The molecule has 0 saturated heterocycles. The summed E-state index contributed by atoms with van der Waals surface area (Å²) < 4.78 is 0. The van der Waals surface area contributed by atoms with Crippen LogP contribution in [0.4, 0.5) is 0 Å². The molecule has 0 nitrogen and oxygen atoms in total. The molecule has 1 aliphatic rings. The van der Waals surface area contributed by atoms with E-state index in [4.69, 9.17) is 0 Å². The highest BCUT2D eigenvalue weighted by molar-refractivity contribution is 6.10. The van der Waals surface area contributed by atoms with Crippen LogP contribution in [0.5, 0.6) is 0 Å². The summed E-state index contributed by atoms with van der Waals surface area (Å²) in [6, 6.07) is 36.3. The summed E-state index contributed by atoms with van der Waals surface area (Å²) in [5.41, 5.74) is 5.64. The molecule has 0 amide bonds. The molecule has 0 bridgehead atoms. The summed E-state index contributed by atoms with van der Waals surface area (Å²) in [5, 5.41) is 10.6. The Morgan fingerprint density at radius 1 is 0.447 bits per heavy atom. The minimum Gasteiger partial charge on any atom is -0.0683 e. The van der Waals surface area contributed by atoms with Crippen molar-refractivity contribution in [1.82, 2.24) is 0 Å². The standard InChI is InChI=1S/C31H22.C3H8.2C2H6/c1-31(2)29-16-22-12-11-19-7-5-6-10-25(19)26(22)18-28(29)27-15-23-13-20-8-3-4-9-21(20)14-24(23)17-30(27)31;1-3-2;2*1-2/h3-18H,1-2H3;3H2,1-2H3;2*1-2H3. The molecular formula is C38H42. The molecule has 0 heteroatoms. The van der Waals surface area contributed by atoms with Gasteiger partial charge in [0.25, 0.3) is 0 Å². The molecule has 0 spiro atoms. The first-order valence-electron chi connectivity index (χ1n) is 14.4. The lowest BCUT2D eigenvalue weighted by atomic mass is 9.81. The lowest BCUT2D eigenvalue weighted by Crippen LogP contribution is -2.14. The van der Waals surface area contributed by atoms with Gasteiger partial charge in [-0.25, -0.2) is 0 Å². The maximum absolute atomic E-state index is 2.44. The molecule has 38 heavy (non-hydrogen) atoms. The lowest BCUT2D eigenvalue weighted by Gasteiger charge is -2.22. The molecule has 1 aliphatic carbocycles. The van der Waals surface area contributed by atoms with E-state index in [1.807, 2.05) is 27.7 Å². The van der Waals surface area contributed by atoms with Crippen LogP contribution in [0, 0.1) is 0 Å². The van der Waals surface area contributed by atoms with E-state index >= 15 is 0 Å². The Balaban J connectivity index is 0.000000443. The van der Waals surface area contributed by atoms with Crippen LogP contribution < -0.4 is 0 Å². The molecule has 194 valence electrons. The Morgan fingerprint density at radius 3 is 1.50 bits per heavy atom. The van der Waals surface area contributed by atoms with Crippen molar-refractivity contribution in [3.8, 4) is 11.1 Å². The van der Waals surface area contributed by atoms with Crippen LogP contribution in [0.3, 0.4) is 0 Å². The lowest BCUT2D eigenvalue weighted by molar-refractivity contribution is 0.662. The normalized spacial score (nSPS) is 12.5. The van der Waals surface area contributed by atoms with Gasteiger partial charge in [-0.2, -0.15) is 0 Å². The van der Waals surface area contributed by atoms with E-state index in [9.17, 15) is 0 Å². The van der Waals surface area contributed by atoms with Gasteiger partial charge in [0.1, 0.15) is 0 Å². The minimum atomic E-state index is -0.00959. The second kappa shape index (κ2) is 11.4. The third-order valence-corrected chi connectivity index (χ3v) is 7.36. The number of benzene rings is 6. The first-order chi connectivity index (χ1) is 18.5. The fourth-order valence-corrected chi connectivity index (χ4v) is 5.67. The molecule has 0 radical (unpaired) electrons. The van der Waals surface area contributed by atoms with Crippen molar-refractivity contribution in [2.24, 2.45) is 0 Å².